The summed E-state index contributed by atoms with van der Waals surface area (Å²) < 4.78 is 22.9. The molecule has 0 spiro atoms. The molecule has 8 nitrogen and oxygen atoms in total. The summed E-state index contributed by atoms with van der Waals surface area (Å²) in [5, 5.41) is 0.713. The van der Waals surface area contributed by atoms with Gasteiger partial charge in [-0.15, -0.1) is 0 Å². The van der Waals surface area contributed by atoms with Gasteiger partial charge in [-0.2, -0.15) is 0 Å². The Morgan fingerprint density at radius 1 is 1.11 bits per heavy atom. The molecule has 9 heteroatoms. The molecule has 1 saturated heterocycles. The van der Waals surface area contributed by atoms with Crippen LogP contribution >= 0.6 is 11.3 Å². The van der Waals surface area contributed by atoms with Crippen LogP contribution in [-0.2, 0) is 9.53 Å². The Morgan fingerprint density at radius 2 is 1.81 bits per heavy atom. The summed E-state index contributed by atoms with van der Waals surface area (Å²) in [5.74, 6) is 1.46. The first-order chi connectivity index (χ1) is 17.9. The topological polar surface area (TPSA) is 73.4 Å². The van der Waals surface area contributed by atoms with Crippen molar-refractivity contribution in [2.75, 3.05) is 65.6 Å². The smallest absolute Gasteiger partial charge is 0.252 e. The lowest BCUT2D eigenvalue weighted by molar-refractivity contribution is -0.114. The number of benzene rings is 2. The van der Waals surface area contributed by atoms with E-state index < -0.39 is 0 Å². The predicted octanol–water partition coefficient (Wildman–Crippen LogP) is 4.71. The molecule has 0 N–H and O–H groups in total. The zero-order valence-corrected chi connectivity index (χ0v) is 23.0. The Balaban J connectivity index is 1.59. The van der Waals surface area contributed by atoms with Crippen LogP contribution in [0.2, 0.25) is 0 Å². The van der Waals surface area contributed by atoms with Gasteiger partial charge in [-0.05, 0) is 61.2 Å². The number of ether oxygens (including phenoxy) is 4. The van der Waals surface area contributed by atoms with Crippen molar-refractivity contribution in [3.05, 3.63) is 47.0 Å². The normalized spacial score (nSPS) is 14.3. The molecule has 198 valence electrons. The van der Waals surface area contributed by atoms with Gasteiger partial charge in [-0.1, -0.05) is 17.4 Å². The Bertz CT molecular complexity index is 1240. The highest BCUT2D eigenvalue weighted by atomic mass is 32.1. The van der Waals surface area contributed by atoms with E-state index in [1.807, 2.05) is 12.1 Å². The molecule has 2 aromatic carbocycles. The molecular formula is C28H35N3O5S. The molecule has 1 fully saturated rings. The van der Waals surface area contributed by atoms with Gasteiger partial charge >= 0.3 is 0 Å². The fraction of sp³-hybridized carbons (Fsp3) is 0.429. The van der Waals surface area contributed by atoms with Gasteiger partial charge < -0.3 is 18.9 Å². The highest BCUT2D eigenvalue weighted by Crippen LogP contribution is 2.38. The van der Waals surface area contributed by atoms with E-state index in [2.05, 4.69) is 30.9 Å². The standard InChI is InChI=1S/C28H35N3O5S/c1-19-7-9-24-26(20(19)2)29-28(37-24)31(12-6-11-30-13-15-36-16-14-30)25(32)10-8-21-17-22(33-3)27(35-5)23(18-21)34-4/h7-10,17-18H,6,11-16H2,1-5H3/b10-8+. The number of anilines is 1. The van der Waals surface area contributed by atoms with Gasteiger partial charge in [0.1, 0.15) is 0 Å². The summed E-state index contributed by atoms with van der Waals surface area (Å²) in [4.78, 5) is 22.6. The summed E-state index contributed by atoms with van der Waals surface area (Å²) in [7, 11) is 4.71. The maximum atomic E-state index is 13.5. The lowest BCUT2D eigenvalue weighted by Gasteiger charge is -2.27. The fourth-order valence-electron chi connectivity index (χ4n) is 4.36. The molecule has 0 bridgehead atoms. The van der Waals surface area contributed by atoms with E-state index in [-0.39, 0.29) is 5.91 Å². The van der Waals surface area contributed by atoms with E-state index >= 15 is 0 Å². The molecule has 2 heterocycles. The van der Waals surface area contributed by atoms with Crippen molar-refractivity contribution in [1.29, 1.82) is 0 Å². The number of aromatic nitrogens is 1. The van der Waals surface area contributed by atoms with Crippen LogP contribution in [0.3, 0.4) is 0 Å². The monoisotopic (exact) mass is 525 g/mol. The molecule has 0 radical (unpaired) electrons. The van der Waals surface area contributed by atoms with Crippen LogP contribution in [-0.4, -0.2) is 76.5 Å². The van der Waals surface area contributed by atoms with Crippen LogP contribution in [0.1, 0.15) is 23.1 Å². The van der Waals surface area contributed by atoms with Gasteiger partial charge in [0.25, 0.3) is 5.91 Å². The molecule has 1 aliphatic rings. The van der Waals surface area contributed by atoms with Crippen LogP contribution in [0.5, 0.6) is 17.2 Å². The minimum atomic E-state index is -0.121. The molecular weight excluding hydrogens is 490 g/mol. The SMILES string of the molecule is COc1cc(/C=C/C(=O)N(CCCN2CCOCC2)c2nc3c(C)c(C)ccc3s2)cc(OC)c1OC. The van der Waals surface area contributed by atoms with Gasteiger partial charge in [0.05, 0.1) is 44.8 Å². The van der Waals surface area contributed by atoms with Crippen LogP contribution in [0.25, 0.3) is 16.3 Å². The number of nitrogens with zero attached hydrogens (tertiary/aromatic N) is 3. The maximum Gasteiger partial charge on any atom is 0.252 e. The Labute approximate surface area is 222 Å². The van der Waals surface area contributed by atoms with E-state index in [9.17, 15) is 4.79 Å². The summed E-state index contributed by atoms with van der Waals surface area (Å²) in [6.07, 6.45) is 4.20. The summed E-state index contributed by atoms with van der Waals surface area (Å²) >= 11 is 1.55. The Kier molecular flexibility index (Phi) is 9.02. The predicted molar refractivity (Wildman–Crippen MR) is 148 cm³/mol. The third kappa shape index (κ3) is 6.23. The fourth-order valence-corrected chi connectivity index (χ4v) is 5.42. The minimum Gasteiger partial charge on any atom is -0.493 e. The van der Waals surface area contributed by atoms with Crippen LogP contribution in [0.15, 0.2) is 30.3 Å². The van der Waals surface area contributed by atoms with Crippen molar-refractivity contribution in [3.8, 4) is 17.2 Å². The quantitative estimate of drug-likeness (QED) is 0.355. The van der Waals surface area contributed by atoms with Gasteiger partial charge in [0, 0.05) is 32.3 Å². The third-order valence-electron chi connectivity index (χ3n) is 6.64. The minimum absolute atomic E-state index is 0.121. The van der Waals surface area contributed by atoms with Gasteiger partial charge in [-0.3, -0.25) is 14.6 Å². The van der Waals surface area contributed by atoms with Crippen molar-refractivity contribution in [2.45, 2.75) is 20.3 Å². The van der Waals surface area contributed by atoms with Crippen molar-refractivity contribution >= 4 is 38.7 Å². The lowest BCUT2D eigenvalue weighted by atomic mass is 10.1. The average Bonchev–Trinajstić information content (AvgIpc) is 3.36. The van der Waals surface area contributed by atoms with E-state index in [4.69, 9.17) is 23.9 Å². The van der Waals surface area contributed by atoms with E-state index in [1.165, 1.54) is 5.56 Å². The van der Waals surface area contributed by atoms with Crippen molar-refractivity contribution in [3.63, 3.8) is 0 Å². The van der Waals surface area contributed by atoms with Crippen LogP contribution < -0.4 is 19.1 Å². The van der Waals surface area contributed by atoms with Gasteiger partial charge in [0.2, 0.25) is 5.75 Å². The lowest BCUT2D eigenvalue weighted by Crippen LogP contribution is -2.39. The molecule has 1 amide bonds. The first-order valence-corrected chi connectivity index (χ1v) is 13.2. The third-order valence-corrected chi connectivity index (χ3v) is 7.68. The average molecular weight is 526 g/mol. The number of carbonyl (C=O) groups excluding carboxylic acids is 1. The van der Waals surface area contributed by atoms with Crippen LogP contribution in [0, 0.1) is 13.8 Å². The number of aryl methyl sites for hydroxylation is 2. The number of carbonyl (C=O) groups is 1. The Hall–Kier alpha value is -3.14. The van der Waals surface area contributed by atoms with Gasteiger partial charge in [0.15, 0.2) is 16.6 Å². The largest absolute Gasteiger partial charge is 0.493 e. The second kappa shape index (κ2) is 12.4. The van der Waals surface area contributed by atoms with E-state index in [0.29, 0.717) is 28.9 Å². The van der Waals surface area contributed by atoms with E-state index in [0.717, 1.165) is 60.6 Å². The molecule has 0 atom stereocenters. The van der Waals surface area contributed by atoms with Gasteiger partial charge in [-0.25, -0.2) is 4.98 Å². The first-order valence-electron chi connectivity index (χ1n) is 12.4. The zero-order valence-electron chi connectivity index (χ0n) is 22.2. The number of rotatable bonds is 10. The second-order valence-electron chi connectivity index (χ2n) is 8.94. The number of hydrogen-bond acceptors (Lipinski definition) is 8. The van der Waals surface area contributed by atoms with Crippen molar-refractivity contribution in [1.82, 2.24) is 9.88 Å². The highest BCUT2D eigenvalue weighted by molar-refractivity contribution is 7.22. The molecule has 0 unspecified atom stereocenters. The molecule has 1 aromatic heterocycles. The van der Waals surface area contributed by atoms with E-state index in [1.54, 1.807) is 49.7 Å². The second-order valence-corrected chi connectivity index (χ2v) is 9.95. The molecule has 0 aliphatic carbocycles. The molecule has 0 saturated carbocycles. The first kappa shape index (κ1) is 26.9. The summed E-state index contributed by atoms with van der Waals surface area (Å²) in [6.45, 7) is 9.02. The molecule has 3 aromatic rings. The molecule has 37 heavy (non-hydrogen) atoms. The number of fused-ring (bicyclic) bond motifs is 1. The highest BCUT2D eigenvalue weighted by Gasteiger charge is 2.20. The number of morpholine rings is 1. The summed E-state index contributed by atoms with van der Waals surface area (Å²) in [6, 6.07) is 7.82. The Morgan fingerprint density at radius 3 is 2.46 bits per heavy atom. The summed E-state index contributed by atoms with van der Waals surface area (Å²) in [5.41, 5.74) is 4.07. The number of methoxy groups -OCH3 is 3. The molecule has 4 rings (SSSR count). The maximum absolute atomic E-state index is 13.5. The number of thiazole rings is 1. The van der Waals surface area contributed by atoms with Crippen molar-refractivity contribution < 1.29 is 23.7 Å². The zero-order chi connectivity index (χ0) is 26.4. The number of hydrogen-bond donors (Lipinski definition) is 0. The van der Waals surface area contributed by atoms with Crippen molar-refractivity contribution in [2.24, 2.45) is 0 Å². The number of amides is 1. The molecule has 1 aliphatic heterocycles. The van der Waals surface area contributed by atoms with Crippen LogP contribution in [0.4, 0.5) is 5.13 Å².